The summed E-state index contributed by atoms with van der Waals surface area (Å²) in [6.45, 7) is 3.90. The van der Waals surface area contributed by atoms with Crippen LogP contribution in [0.25, 0.3) is 0 Å². The van der Waals surface area contributed by atoms with Crippen LogP contribution in [-0.4, -0.2) is 22.2 Å². The van der Waals surface area contributed by atoms with Gasteiger partial charge in [-0.3, -0.25) is 9.89 Å². The molecular formula is C13H18N4OS2. The van der Waals surface area contributed by atoms with Crippen molar-refractivity contribution in [1.29, 1.82) is 0 Å². The van der Waals surface area contributed by atoms with Gasteiger partial charge in [-0.2, -0.15) is 5.10 Å². The van der Waals surface area contributed by atoms with Crippen molar-refractivity contribution in [1.82, 2.24) is 10.2 Å². The molecule has 2 aromatic heterocycles. The SMILES string of the molecule is CCC(=O)c1sc(NC(C)c2cn[nH]c2)c(SC)c1N. The number of rotatable bonds is 6. The zero-order valence-corrected chi connectivity index (χ0v) is 13.3. The number of hydrogen-bond acceptors (Lipinski definition) is 6. The second kappa shape index (κ2) is 6.32. The average Bonchev–Trinajstić information content (AvgIpc) is 3.06. The van der Waals surface area contributed by atoms with Crippen LogP contribution in [0.5, 0.6) is 0 Å². The maximum Gasteiger partial charge on any atom is 0.174 e. The van der Waals surface area contributed by atoms with E-state index in [1.54, 1.807) is 18.0 Å². The van der Waals surface area contributed by atoms with Crippen LogP contribution >= 0.6 is 23.1 Å². The Labute approximate surface area is 126 Å². The summed E-state index contributed by atoms with van der Waals surface area (Å²) in [7, 11) is 0. The molecule has 7 heteroatoms. The highest BCUT2D eigenvalue weighted by molar-refractivity contribution is 7.99. The zero-order chi connectivity index (χ0) is 14.7. The lowest BCUT2D eigenvalue weighted by Crippen LogP contribution is -2.05. The summed E-state index contributed by atoms with van der Waals surface area (Å²) in [6, 6.07) is 0.0993. The molecule has 0 aliphatic rings. The van der Waals surface area contributed by atoms with E-state index in [1.165, 1.54) is 11.3 Å². The van der Waals surface area contributed by atoms with E-state index < -0.39 is 0 Å². The Kier molecular flexibility index (Phi) is 4.72. The number of aromatic amines is 1. The zero-order valence-electron chi connectivity index (χ0n) is 11.7. The molecule has 108 valence electrons. The van der Waals surface area contributed by atoms with Gasteiger partial charge in [-0.05, 0) is 13.2 Å². The Morgan fingerprint density at radius 2 is 2.40 bits per heavy atom. The molecule has 20 heavy (non-hydrogen) atoms. The minimum Gasteiger partial charge on any atom is -0.396 e. The van der Waals surface area contributed by atoms with Crippen molar-refractivity contribution in [3.63, 3.8) is 0 Å². The number of aromatic nitrogens is 2. The molecule has 0 radical (unpaired) electrons. The Bertz CT molecular complexity index is 592. The van der Waals surface area contributed by atoms with E-state index in [0.29, 0.717) is 17.0 Å². The third-order valence-corrected chi connectivity index (χ3v) is 5.18. The molecule has 1 atom stereocenters. The van der Waals surface area contributed by atoms with Gasteiger partial charge in [0, 0.05) is 18.2 Å². The number of hydrogen-bond donors (Lipinski definition) is 3. The van der Waals surface area contributed by atoms with Gasteiger partial charge < -0.3 is 11.1 Å². The largest absolute Gasteiger partial charge is 0.396 e. The van der Waals surface area contributed by atoms with E-state index in [9.17, 15) is 4.79 Å². The lowest BCUT2D eigenvalue weighted by Gasteiger charge is -2.13. The summed E-state index contributed by atoms with van der Waals surface area (Å²) < 4.78 is 0. The molecule has 0 aromatic carbocycles. The number of nitrogens with two attached hydrogens (primary N) is 1. The molecule has 2 heterocycles. The second-order valence-electron chi connectivity index (χ2n) is 4.38. The molecule has 5 nitrogen and oxygen atoms in total. The average molecular weight is 310 g/mol. The maximum absolute atomic E-state index is 11.9. The molecule has 0 bridgehead atoms. The summed E-state index contributed by atoms with van der Waals surface area (Å²) in [4.78, 5) is 13.5. The number of Topliss-reactive ketones (excluding diaryl/α,β-unsaturated/α-hetero) is 1. The lowest BCUT2D eigenvalue weighted by atomic mass is 10.2. The van der Waals surface area contributed by atoms with Crippen molar-refractivity contribution < 1.29 is 4.79 Å². The van der Waals surface area contributed by atoms with Crippen molar-refractivity contribution in [2.45, 2.75) is 31.2 Å². The Morgan fingerprint density at radius 1 is 1.65 bits per heavy atom. The number of thiophene rings is 1. The highest BCUT2D eigenvalue weighted by Crippen LogP contribution is 2.43. The number of carbonyl (C=O) groups excluding carboxylic acids is 1. The number of nitrogens with one attached hydrogen (secondary N) is 2. The van der Waals surface area contributed by atoms with Gasteiger partial charge in [0.1, 0.15) is 5.00 Å². The number of nitrogens with zero attached hydrogens (tertiary/aromatic N) is 1. The molecule has 0 aliphatic heterocycles. The van der Waals surface area contributed by atoms with E-state index in [-0.39, 0.29) is 11.8 Å². The third-order valence-electron chi connectivity index (χ3n) is 3.05. The Balaban J connectivity index is 2.29. The van der Waals surface area contributed by atoms with Gasteiger partial charge in [0.25, 0.3) is 0 Å². The molecule has 0 aliphatic carbocycles. The van der Waals surface area contributed by atoms with Gasteiger partial charge >= 0.3 is 0 Å². The van der Waals surface area contributed by atoms with Crippen LogP contribution in [0.2, 0.25) is 0 Å². The van der Waals surface area contributed by atoms with Crippen LogP contribution < -0.4 is 11.1 Å². The summed E-state index contributed by atoms with van der Waals surface area (Å²) in [5.41, 5.74) is 7.75. The van der Waals surface area contributed by atoms with Crippen LogP contribution in [0.4, 0.5) is 10.7 Å². The quantitative estimate of drug-likeness (QED) is 0.561. The van der Waals surface area contributed by atoms with Gasteiger partial charge in [-0.1, -0.05) is 6.92 Å². The summed E-state index contributed by atoms with van der Waals surface area (Å²) in [5, 5.41) is 11.1. The van der Waals surface area contributed by atoms with Gasteiger partial charge in [0.05, 0.1) is 27.7 Å². The topological polar surface area (TPSA) is 83.8 Å². The van der Waals surface area contributed by atoms with Gasteiger partial charge in [-0.15, -0.1) is 23.1 Å². The number of anilines is 2. The monoisotopic (exact) mass is 310 g/mol. The highest BCUT2D eigenvalue weighted by atomic mass is 32.2. The van der Waals surface area contributed by atoms with Crippen LogP contribution in [0.1, 0.15) is 41.5 Å². The smallest absolute Gasteiger partial charge is 0.174 e. The number of nitrogen functional groups attached to an aromatic ring is 1. The third kappa shape index (κ3) is 2.83. The van der Waals surface area contributed by atoms with Crippen molar-refractivity contribution >= 4 is 39.6 Å². The Hall–Kier alpha value is -1.47. The summed E-state index contributed by atoms with van der Waals surface area (Å²) in [5.74, 6) is 0.0896. The first-order chi connectivity index (χ1) is 9.58. The second-order valence-corrected chi connectivity index (χ2v) is 6.22. The molecule has 4 N–H and O–H groups in total. The van der Waals surface area contributed by atoms with E-state index >= 15 is 0 Å². The van der Waals surface area contributed by atoms with E-state index in [2.05, 4.69) is 15.5 Å². The molecule has 2 rings (SSSR count). The van der Waals surface area contributed by atoms with Gasteiger partial charge in [0.15, 0.2) is 5.78 Å². The van der Waals surface area contributed by atoms with E-state index in [4.69, 9.17) is 5.73 Å². The van der Waals surface area contributed by atoms with Crippen LogP contribution in [0.3, 0.4) is 0 Å². The fraction of sp³-hybridized carbons (Fsp3) is 0.385. The maximum atomic E-state index is 11.9. The Morgan fingerprint density at radius 3 is 2.95 bits per heavy atom. The highest BCUT2D eigenvalue weighted by Gasteiger charge is 2.20. The van der Waals surface area contributed by atoms with Gasteiger partial charge in [-0.25, -0.2) is 0 Å². The fourth-order valence-electron chi connectivity index (χ4n) is 1.87. The summed E-state index contributed by atoms with van der Waals surface area (Å²) in [6.07, 6.45) is 6.07. The number of thioether (sulfide) groups is 1. The molecular weight excluding hydrogens is 292 g/mol. The lowest BCUT2D eigenvalue weighted by molar-refractivity contribution is 0.0992. The summed E-state index contributed by atoms with van der Waals surface area (Å²) >= 11 is 2.99. The van der Waals surface area contributed by atoms with Gasteiger partial charge in [0.2, 0.25) is 0 Å². The van der Waals surface area contributed by atoms with Crippen molar-refractivity contribution in [3.8, 4) is 0 Å². The molecule has 0 saturated carbocycles. The molecule has 0 saturated heterocycles. The molecule has 1 unspecified atom stereocenters. The molecule has 0 fully saturated rings. The standard InChI is InChI=1S/C13H18N4OS2/c1-4-9(18)11-10(14)12(19-3)13(20-11)17-7(2)8-5-15-16-6-8/h5-7,17H,4,14H2,1-3H3,(H,15,16). The van der Waals surface area contributed by atoms with Crippen LogP contribution in [0.15, 0.2) is 17.3 Å². The van der Waals surface area contributed by atoms with Crippen molar-refractivity contribution in [3.05, 3.63) is 22.8 Å². The first kappa shape index (κ1) is 14.9. The predicted molar refractivity (Wildman–Crippen MR) is 85.8 cm³/mol. The number of H-pyrrole nitrogens is 1. The first-order valence-corrected chi connectivity index (χ1v) is 8.37. The van der Waals surface area contributed by atoms with E-state index in [0.717, 1.165) is 15.5 Å². The van der Waals surface area contributed by atoms with Crippen molar-refractivity contribution in [2.75, 3.05) is 17.3 Å². The van der Waals surface area contributed by atoms with Crippen molar-refractivity contribution in [2.24, 2.45) is 0 Å². The normalized spacial score (nSPS) is 12.3. The minimum atomic E-state index is 0.0896. The molecule has 2 aromatic rings. The molecule has 0 amide bonds. The molecule has 0 spiro atoms. The van der Waals surface area contributed by atoms with E-state index in [1.807, 2.05) is 26.3 Å². The number of ketones is 1. The fourth-order valence-corrected chi connectivity index (χ4v) is 3.99. The first-order valence-electron chi connectivity index (χ1n) is 6.33. The minimum absolute atomic E-state index is 0.0896. The van der Waals surface area contributed by atoms with Crippen LogP contribution in [-0.2, 0) is 0 Å². The predicted octanol–water partition coefficient (Wildman–Crippen LogP) is 3.54. The van der Waals surface area contributed by atoms with Crippen LogP contribution in [0, 0.1) is 0 Å². The number of carbonyl (C=O) groups is 1.